The number of amides is 5. The third-order valence-electron chi connectivity index (χ3n) is 9.31. The number of nitrogens with zero attached hydrogens (tertiary/aromatic N) is 3. The maximum atomic E-state index is 14.4. The molecule has 1 fully saturated rings. The van der Waals surface area contributed by atoms with Crippen molar-refractivity contribution in [2.45, 2.75) is 110 Å². The van der Waals surface area contributed by atoms with Crippen molar-refractivity contribution in [1.29, 1.82) is 0 Å². The van der Waals surface area contributed by atoms with Gasteiger partial charge in [0.05, 0.1) is 30.4 Å². The number of fused-ring (bicyclic) bond motifs is 1. The summed E-state index contributed by atoms with van der Waals surface area (Å²) in [5.74, 6) is 0.349. The van der Waals surface area contributed by atoms with Crippen molar-refractivity contribution < 1.29 is 33.5 Å². The Morgan fingerprint density at radius 2 is 1.81 bits per heavy atom. The molecule has 4 rings (SSSR count). The first-order valence-corrected chi connectivity index (χ1v) is 17.3. The summed E-state index contributed by atoms with van der Waals surface area (Å²) in [7, 11) is 1.78. The SMILES string of the molecule is Cc1noc(C)c1NC(=O)Nc1ccc2c(c1)C(=O)N([C@H](C)CO)C[C@@H](C)[C@@H](CN(C)C(=O)NC1CCCCC1)OCCCC[C@H](C)O2. The lowest BCUT2D eigenvalue weighted by Crippen LogP contribution is -2.50. The molecule has 5 amide bonds. The average molecular weight is 671 g/mol. The Morgan fingerprint density at radius 1 is 1.08 bits per heavy atom. The molecular weight excluding hydrogens is 616 g/mol. The van der Waals surface area contributed by atoms with Crippen LogP contribution in [0.25, 0.3) is 0 Å². The molecule has 0 radical (unpaired) electrons. The Bertz CT molecular complexity index is 1360. The molecule has 4 atom stereocenters. The average Bonchev–Trinajstić information content (AvgIpc) is 3.38. The number of aromatic nitrogens is 1. The second kappa shape index (κ2) is 17.5. The van der Waals surface area contributed by atoms with Crippen LogP contribution in [0.3, 0.4) is 0 Å². The van der Waals surface area contributed by atoms with Crippen LogP contribution in [0, 0.1) is 19.8 Å². The van der Waals surface area contributed by atoms with Gasteiger partial charge in [-0.05, 0) is 78.0 Å². The summed E-state index contributed by atoms with van der Waals surface area (Å²) in [4.78, 5) is 43.7. The molecule has 0 saturated heterocycles. The number of ether oxygens (including phenoxy) is 2. The van der Waals surface area contributed by atoms with E-state index in [1.807, 2.05) is 13.8 Å². The van der Waals surface area contributed by atoms with E-state index in [9.17, 15) is 19.5 Å². The smallest absolute Gasteiger partial charge is 0.323 e. The van der Waals surface area contributed by atoms with Crippen LogP contribution in [0.1, 0.15) is 93.9 Å². The number of aliphatic hydroxyl groups is 1. The van der Waals surface area contributed by atoms with Crippen molar-refractivity contribution in [3.63, 3.8) is 0 Å². The zero-order valence-electron chi connectivity index (χ0n) is 29.3. The molecule has 48 heavy (non-hydrogen) atoms. The van der Waals surface area contributed by atoms with Crippen molar-refractivity contribution in [2.24, 2.45) is 5.92 Å². The molecule has 2 aromatic rings. The second-order valence-corrected chi connectivity index (χ2v) is 13.5. The standard InChI is InChI=1S/C35H54N6O7/c1-22-19-41(23(2)21-42)33(43)29-18-28(36-34(44)38-32-25(4)39-48-26(32)5)15-16-30(29)47-24(3)12-10-11-17-46-31(22)20-40(6)35(45)37-27-13-8-7-9-14-27/h15-16,18,22-24,27,31,42H,7-14,17,19-21H2,1-6H3,(H,37,45)(H2,36,38,44)/t22-,23-,24+,31-/m1/s1. The minimum Gasteiger partial charge on any atom is -0.490 e. The third-order valence-corrected chi connectivity index (χ3v) is 9.31. The fraction of sp³-hybridized carbons (Fsp3) is 0.657. The van der Waals surface area contributed by atoms with E-state index in [4.69, 9.17) is 14.0 Å². The predicted molar refractivity (Wildman–Crippen MR) is 184 cm³/mol. The normalized spacial score (nSPS) is 22.1. The summed E-state index contributed by atoms with van der Waals surface area (Å²) in [5.41, 5.74) is 1.68. The lowest BCUT2D eigenvalue weighted by atomic mass is 9.96. The zero-order chi connectivity index (χ0) is 34.8. The van der Waals surface area contributed by atoms with Crippen molar-refractivity contribution in [1.82, 2.24) is 20.3 Å². The second-order valence-electron chi connectivity index (χ2n) is 13.5. The number of anilines is 2. The summed E-state index contributed by atoms with van der Waals surface area (Å²) in [6.07, 6.45) is 7.37. The van der Waals surface area contributed by atoms with Gasteiger partial charge in [0.2, 0.25) is 0 Å². The van der Waals surface area contributed by atoms with Gasteiger partial charge in [0.25, 0.3) is 5.91 Å². The first-order valence-electron chi connectivity index (χ1n) is 17.3. The van der Waals surface area contributed by atoms with E-state index >= 15 is 0 Å². The van der Waals surface area contributed by atoms with Gasteiger partial charge in [-0.2, -0.15) is 0 Å². The van der Waals surface area contributed by atoms with Crippen LogP contribution >= 0.6 is 0 Å². The quantitative estimate of drug-likeness (QED) is 0.292. The van der Waals surface area contributed by atoms with Gasteiger partial charge >= 0.3 is 12.1 Å². The molecule has 13 nitrogen and oxygen atoms in total. The molecule has 13 heteroatoms. The summed E-state index contributed by atoms with van der Waals surface area (Å²) in [6, 6.07) is 4.02. The molecule has 4 N–H and O–H groups in total. The highest BCUT2D eigenvalue weighted by atomic mass is 16.5. The van der Waals surface area contributed by atoms with Gasteiger partial charge in [-0.1, -0.05) is 31.3 Å². The Morgan fingerprint density at radius 3 is 2.50 bits per heavy atom. The summed E-state index contributed by atoms with van der Waals surface area (Å²) in [6.45, 7) is 10.1. The highest BCUT2D eigenvalue weighted by Crippen LogP contribution is 2.29. The lowest BCUT2D eigenvalue weighted by molar-refractivity contribution is -0.0123. The highest BCUT2D eigenvalue weighted by molar-refractivity contribution is 6.03. The number of nitrogens with one attached hydrogen (secondary N) is 3. The third kappa shape index (κ3) is 10.1. The van der Waals surface area contributed by atoms with E-state index in [2.05, 4.69) is 21.1 Å². The maximum Gasteiger partial charge on any atom is 0.323 e. The zero-order valence-corrected chi connectivity index (χ0v) is 29.3. The van der Waals surface area contributed by atoms with E-state index in [-0.39, 0.29) is 54.8 Å². The minimum absolute atomic E-state index is 0.118. The van der Waals surface area contributed by atoms with E-state index < -0.39 is 12.1 Å². The van der Waals surface area contributed by atoms with Gasteiger partial charge < -0.3 is 44.9 Å². The largest absolute Gasteiger partial charge is 0.490 e. The first-order chi connectivity index (χ1) is 23.0. The Labute approximate surface area is 284 Å². The molecule has 2 aliphatic rings. The number of carbonyl (C=O) groups is 3. The Kier molecular flexibility index (Phi) is 13.5. The van der Waals surface area contributed by atoms with Crippen molar-refractivity contribution in [3.05, 3.63) is 35.2 Å². The molecule has 0 bridgehead atoms. The number of hydrogen-bond acceptors (Lipinski definition) is 8. The summed E-state index contributed by atoms with van der Waals surface area (Å²) < 4.78 is 17.8. The van der Waals surface area contributed by atoms with Crippen LogP contribution in [0.5, 0.6) is 5.75 Å². The maximum absolute atomic E-state index is 14.4. The van der Waals surface area contributed by atoms with Crippen LogP contribution < -0.4 is 20.7 Å². The van der Waals surface area contributed by atoms with Gasteiger partial charge in [-0.3, -0.25) is 4.79 Å². The number of hydrogen-bond donors (Lipinski definition) is 4. The van der Waals surface area contributed by atoms with Gasteiger partial charge in [-0.15, -0.1) is 0 Å². The van der Waals surface area contributed by atoms with Gasteiger partial charge in [0, 0.05) is 44.4 Å². The molecule has 0 unspecified atom stereocenters. The van der Waals surface area contributed by atoms with Gasteiger partial charge in [0.15, 0.2) is 5.76 Å². The van der Waals surface area contributed by atoms with Gasteiger partial charge in [-0.25, -0.2) is 9.59 Å². The fourth-order valence-corrected chi connectivity index (χ4v) is 6.28. The number of benzene rings is 1. The van der Waals surface area contributed by atoms with Crippen LogP contribution in [0.2, 0.25) is 0 Å². The van der Waals surface area contributed by atoms with Crippen molar-refractivity contribution >= 4 is 29.3 Å². The van der Waals surface area contributed by atoms with Crippen molar-refractivity contribution in [3.8, 4) is 5.75 Å². The number of rotatable bonds is 7. The first kappa shape index (κ1) is 37.0. The topological polar surface area (TPSA) is 158 Å². The van der Waals surface area contributed by atoms with E-state index in [1.165, 1.54) is 6.42 Å². The van der Waals surface area contributed by atoms with E-state index in [0.717, 1.165) is 44.9 Å². The Balaban J connectivity index is 1.57. The van der Waals surface area contributed by atoms with E-state index in [1.54, 1.807) is 55.8 Å². The number of urea groups is 2. The minimum atomic E-state index is -0.523. The fourth-order valence-electron chi connectivity index (χ4n) is 6.28. The Hall–Kier alpha value is -3.84. The van der Waals surface area contributed by atoms with Crippen LogP contribution in [-0.4, -0.2) is 95.7 Å². The number of carbonyl (C=O) groups excluding carboxylic acids is 3. The van der Waals surface area contributed by atoms with E-state index in [0.29, 0.717) is 41.7 Å². The number of likely N-dealkylation sites (N-methyl/N-ethyl adjacent to an activating group) is 1. The molecule has 1 aliphatic carbocycles. The molecular formula is C35H54N6O7. The molecule has 266 valence electrons. The highest BCUT2D eigenvalue weighted by Gasteiger charge is 2.31. The number of aliphatic hydroxyl groups excluding tert-OH is 1. The predicted octanol–water partition coefficient (Wildman–Crippen LogP) is 5.71. The molecule has 0 spiro atoms. The molecule has 1 aromatic heterocycles. The number of aryl methyl sites for hydroxylation is 2. The van der Waals surface area contributed by atoms with Gasteiger partial charge in [0.1, 0.15) is 17.1 Å². The molecule has 1 aliphatic heterocycles. The monoisotopic (exact) mass is 670 g/mol. The lowest BCUT2D eigenvalue weighted by Gasteiger charge is -2.36. The molecule has 1 aromatic carbocycles. The summed E-state index contributed by atoms with van der Waals surface area (Å²) >= 11 is 0. The van der Waals surface area contributed by atoms with Crippen LogP contribution in [0.15, 0.2) is 22.7 Å². The van der Waals surface area contributed by atoms with Crippen LogP contribution in [0.4, 0.5) is 21.0 Å². The summed E-state index contributed by atoms with van der Waals surface area (Å²) in [5, 5.41) is 22.8. The molecule has 2 heterocycles. The molecule has 1 saturated carbocycles. The van der Waals surface area contributed by atoms with Crippen molar-refractivity contribution in [2.75, 3.05) is 44.0 Å². The van der Waals surface area contributed by atoms with Crippen LogP contribution in [-0.2, 0) is 4.74 Å².